The highest BCUT2D eigenvalue weighted by Crippen LogP contribution is 2.42. The Balaban J connectivity index is 1.55. The summed E-state index contributed by atoms with van der Waals surface area (Å²) in [4.78, 5) is 33.4. The van der Waals surface area contributed by atoms with Gasteiger partial charge < -0.3 is 10.1 Å². The second kappa shape index (κ2) is 9.26. The quantitative estimate of drug-likeness (QED) is 0.596. The van der Waals surface area contributed by atoms with Gasteiger partial charge in [-0.05, 0) is 69.0 Å². The molecular weight excluding hydrogens is 454 g/mol. The number of ether oxygens (including phenoxy) is 1. The number of alkyl halides is 2. The Labute approximate surface area is 201 Å². The molecule has 0 bridgehead atoms. The third kappa shape index (κ3) is 4.34. The number of aromatic nitrogens is 4. The number of amides is 1. The molecule has 182 valence electrons. The first-order valence-electron chi connectivity index (χ1n) is 11.6. The number of anilines is 1. The normalized spacial score (nSPS) is 20.2. The van der Waals surface area contributed by atoms with Gasteiger partial charge >= 0.3 is 6.61 Å². The second-order valence-corrected chi connectivity index (χ2v) is 9.03. The molecular formula is C25H26F2N6O2. The van der Waals surface area contributed by atoms with Crippen LogP contribution in [-0.4, -0.2) is 51.1 Å². The first kappa shape index (κ1) is 23.2. The molecule has 1 amide bonds. The number of nitrogens with zero attached hydrogens (tertiary/aromatic N) is 5. The summed E-state index contributed by atoms with van der Waals surface area (Å²) in [6.45, 7) is 2.16. The van der Waals surface area contributed by atoms with Gasteiger partial charge in [-0.15, -0.1) is 0 Å². The lowest BCUT2D eigenvalue weighted by Crippen LogP contribution is -2.57. The van der Waals surface area contributed by atoms with Gasteiger partial charge in [0.2, 0.25) is 11.8 Å². The van der Waals surface area contributed by atoms with Crippen molar-refractivity contribution in [1.29, 1.82) is 0 Å². The van der Waals surface area contributed by atoms with Crippen LogP contribution < -0.4 is 15.0 Å². The molecule has 8 nitrogen and oxygen atoms in total. The fraction of sp³-hybridized carbons (Fsp3) is 0.400. The van der Waals surface area contributed by atoms with E-state index in [1.165, 1.54) is 12.3 Å². The first-order valence-corrected chi connectivity index (χ1v) is 11.6. The highest BCUT2D eigenvalue weighted by Gasteiger charge is 2.48. The molecule has 10 heteroatoms. The summed E-state index contributed by atoms with van der Waals surface area (Å²) in [5, 5.41) is 3.40. The summed E-state index contributed by atoms with van der Waals surface area (Å²) in [7, 11) is 0. The van der Waals surface area contributed by atoms with Crippen LogP contribution in [0.3, 0.4) is 0 Å². The SMILES string of the molecule is Cc1nc2c(cc1-c1ncccn1)CC[C@@]1(CCNC1)N2C(=O)C(C)c1ccnc(OC(F)F)c1. The van der Waals surface area contributed by atoms with Crippen molar-refractivity contribution in [3.63, 3.8) is 0 Å². The standard InChI is InChI=1S/C25H26F2N6O2/c1-15(17-5-10-29-20(13-17)35-24(26)27)23(34)33-22-18(4-6-25(33)7-11-28-14-25)12-19(16(2)32-22)21-30-8-3-9-31-21/h3,5,8-10,12-13,15,24,28H,4,6-7,11,14H2,1-2H3/t15?,25-/m0/s1. The van der Waals surface area contributed by atoms with E-state index >= 15 is 0 Å². The van der Waals surface area contributed by atoms with Crippen LogP contribution in [0.15, 0.2) is 42.9 Å². The van der Waals surface area contributed by atoms with Gasteiger partial charge in [0, 0.05) is 36.8 Å². The zero-order valence-corrected chi connectivity index (χ0v) is 19.5. The number of halogens is 2. The zero-order valence-electron chi connectivity index (χ0n) is 19.5. The van der Waals surface area contributed by atoms with E-state index in [9.17, 15) is 13.6 Å². The summed E-state index contributed by atoms with van der Waals surface area (Å²) in [5.41, 5.74) is 2.71. The molecule has 5 heterocycles. The minimum atomic E-state index is -2.99. The second-order valence-electron chi connectivity index (χ2n) is 9.03. The molecule has 5 rings (SSSR count). The molecule has 1 saturated heterocycles. The van der Waals surface area contributed by atoms with Crippen LogP contribution in [0.5, 0.6) is 5.88 Å². The first-order chi connectivity index (χ1) is 16.9. The topological polar surface area (TPSA) is 93.1 Å². The van der Waals surface area contributed by atoms with E-state index < -0.39 is 18.1 Å². The van der Waals surface area contributed by atoms with E-state index in [4.69, 9.17) is 4.98 Å². The minimum Gasteiger partial charge on any atom is -0.417 e. The van der Waals surface area contributed by atoms with Crippen LogP contribution in [-0.2, 0) is 11.2 Å². The summed E-state index contributed by atoms with van der Waals surface area (Å²) in [6, 6.07) is 6.85. The number of carbonyl (C=O) groups excluding carboxylic acids is 1. The zero-order chi connectivity index (χ0) is 24.6. The fourth-order valence-corrected chi connectivity index (χ4v) is 5.04. The van der Waals surface area contributed by atoms with Gasteiger partial charge in [-0.25, -0.2) is 19.9 Å². The smallest absolute Gasteiger partial charge is 0.388 e. The fourth-order valence-electron chi connectivity index (χ4n) is 5.04. The maximum atomic E-state index is 14.0. The number of hydrogen-bond donors (Lipinski definition) is 1. The summed E-state index contributed by atoms with van der Waals surface area (Å²) >= 11 is 0. The van der Waals surface area contributed by atoms with E-state index in [-0.39, 0.29) is 11.8 Å². The van der Waals surface area contributed by atoms with Gasteiger partial charge in [-0.1, -0.05) is 0 Å². The molecule has 1 N–H and O–H groups in total. The average Bonchev–Trinajstić information content (AvgIpc) is 3.32. The van der Waals surface area contributed by atoms with Crippen LogP contribution >= 0.6 is 0 Å². The maximum absolute atomic E-state index is 14.0. The highest BCUT2D eigenvalue weighted by atomic mass is 19.3. The molecule has 1 unspecified atom stereocenters. The third-order valence-corrected chi connectivity index (χ3v) is 6.90. The van der Waals surface area contributed by atoms with Crippen LogP contribution in [0.25, 0.3) is 11.4 Å². The molecule has 2 atom stereocenters. The molecule has 3 aromatic heterocycles. The minimum absolute atomic E-state index is 0.139. The molecule has 0 aliphatic carbocycles. The van der Waals surface area contributed by atoms with Gasteiger partial charge in [0.05, 0.1) is 17.2 Å². The van der Waals surface area contributed by atoms with Crippen LogP contribution in [0.1, 0.15) is 42.5 Å². The Kier molecular flexibility index (Phi) is 6.14. The lowest BCUT2D eigenvalue weighted by atomic mass is 9.82. The number of rotatable bonds is 5. The van der Waals surface area contributed by atoms with Gasteiger partial charge in [-0.2, -0.15) is 8.78 Å². The van der Waals surface area contributed by atoms with Gasteiger partial charge in [0.15, 0.2) is 5.82 Å². The number of nitrogens with one attached hydrogen (secondary N) is 1. The Morgan fingerprint density at radius 3 is 2.69 bits per heavy atom. The van der Waals surface area contributed by atoms with E-state index in [0.717, 1.165) is 42.6 Å². The highest BCUT2D eigenvalue weighted by molar-refractivity contribution is 5.99. The van der Waals surface area contributed by atoms with Gasteiger partial charge in [0.1, 0.15) is 5.82 Å². The monoisotopic (exact) mass is 480 g/mol. The number of carbonyl (C=O) groups is 1. The Morgan fingerprint density at radius 1 is 1.17 bits per heavy atom. The Bertz CT molecular complexity index is 1230. The number of pyridine rings is 2. The number of aryl methyl sites for hydroxylation is 2. The molecule has 2 aliphatic heterocycles. The van der Waals surface area contributed by atoms with Crippen molar-refractivity contribution in [1.82, 2.24) is 25.3 Å². The predicted octanol–water partition coefficient (Wildman–Crippen LogP) is 3.66. The van der Waals surface area contributed by atoms with Crippen LogP contribution in [0, 0.1) is 6.92 Å². The van der Waals surface area contributed by atoms with Crippen molar-refractivity contribution in [2.45, 2.75) is 51.2 Å². The summed E-state index contributed by atoms with van der Waals surface area (Å²) in [6.07, 6.45) is 7.15. The largest absolute Gasteiger partial charge is 0.417 e. The maximum Gasteiger partial charge on any atom is 0.388 e. The van der Waals surface area contributed by atoms with E-state index in [1.54, 1.807) is 31.5 Å². The van der Waals surface area contributed by atoms with Crippen molar-refractivity contribution in [3.05, 3.63) is 59.7 Å². The molecule has 0 radical (unpaired) electrons. The Hall–Kier alpha value is -3.53. The molecule has 0 saturated carbocycles. The molecule has 1 fully saturated rings. The van der Waals surface area contributed by atoms with Crippen molar-refractivity contribution in [3.8, 4) is 17.3 Å². The summed E-state index contributed by atoms with van der Waals surface area (Å²) in [5.74, 6) is 0.278. The average molecular weight is 481 g/mol. The number of hydrogen-bond acceptors (Lipinski definition) is 7. The lowest BCUT2D eigenvalue weighted by Gasteiger charge is -2.45. The Morgan fingerprint density at radius 2 is 1.97 bits per heavy atom. The lowest BCUT2D eigenvalue weighted by molar-refractivity contribution is -0.121. The van der Waals surface area contributed by atoms with E-state index in [2.05, 4.69) is 25.0 Å². The molecule has 1 spiro atoms. The van der Waals surface area contributed by atoms with Crippen molar-refractivity contribution in [2.75, 3.05) is 18.0 Å². The molecule has 0 aromatic carbocycles. The molecule has 35 heavy (non-hydrogen) atoms. The van der Waals surface area contributed by atoms with Gasteiger partial charge in [0.25, 0.3) is 0 Å². The molecule has 3 aromatic rings. The number of fused-ring (bicyclic) bond motifs is 1. The molecule has 2 aliphatic rings. The van der Waals surface area contributed by atoms with E-state index in [0.29, 0.717) is 23.8 Å². The van der Waals surface area contributed by atoms with E-state index in [1.807, 2.05) is 17.9 Å². The summed E-state index contributed by atoms with van der Waals surface area (Å²) < 4.78 is 29.8. The van der Waals surface area contributed by atoms with Crippen molar-refractivity contribution in [2.24, 2.45) is 0 Å². The van der Waals surface area contributed by atoms with Crippen molar-refractivity contribution >= 4 is 11.7 Å². The predicted molar refractivity (Wildman–Crippen MR) is 125 cm³/mol. The van der Waals surface area contributed by atoms with Crippen LogP contribution in [0.4, 0.5) is 14.6 Å². The van der Waals surface area contributed by atoms with Gasteiger partial charge in [-0.3, -0.25) is 9.69 Å². The van der Waals surface area contributed by atoms with Crippen molar-refractivity contribution < 1.29 is 18.3 Å². The third-order valence-electron chi connectivity index (χ3n) is 6.90. The van der Waals surface area contributed by atoms with Crippen LogP contribution in [0.2, 0.25) is 0 Å².